The first-order valence-corrected chi connectivity index (χ1v) is 7.94. The minimum Gasteiger partial charge on any atom is -0.469 e. The Morgan fingerprint density at radius 2 is 1.87 bits per heavy atom. The van der Waals surface area contributed by atoms with Gasteiger partial charge in [-0.1, -0.05) is 30.3 Å². The van der Waals surface area contributed by atoms with Crippen LogP contribution in [0.2, 0.25) is 0 Å². The molecule has 1 atom stereocenters. The Bertz CT molecular complexity index is 645. The molecule has 1 fully saturated rings. The molecule has 2 heterocycles. The Balaban J connectivity index is 1.53. The van der Waals surface area contributed by atoms with Gasteiger partial charge in [-0.25, -0.2) is 0 Å². The highest BCUT2D eigenvalue weighted by atomic mass is 16.3. The Morgan fingerprint density at radius 3 is 2.48 bits per heavy atom. The van der Waals surface area contributed by atoms with Crippen LogP contribution in [0.1, 0.15) is 27.8 Å². The van der Waals surface area contributed by atoms with E-state index in [1.165, 1.54) is 0 Å². The van der Waals surface area contributed by atoms with Crippen LogP contribution in [-0.2, 0) is 0 Å². The van der Waals surface area contributed by atoms with Crippen molar-refractivity contribution in [2.24, 2.45) is 0 Å². The van der Waals surface area contributed by atoms with Crippen molar-refractivity contribution in [3.63, 3.8) is 0 Å². The minimum atomic E-state index is -0.491. The van der Waals surface area contributed by atoms with Crippen LogP contribution in [0.5, 0.6) is 0 Å². The number of rotatable bonds is 4. The van der Waals surface area contributed by atoms with Crippen LogP contribution in [0, 0.1) is 6.92 Å². The lowest BCUT2D eigenvalue weighted by molar-refractivity contribution is 0.0526. The molecule has 1 aliphatic rings. The maximum Gasteiger partial charge on any atom is 0.257 e. The molecule has 1 N–H and O–H groups in total. The molecular formula is C18H22N2O3. The lowest BCUT2D eigenvalue weighted by Crippen LogP contribution is -2.49. The summed E-state index contributed by atoms with van der Waals surface area (Å²) in [6.45, 7) is 5.28. The molecule has 122 valence electrons. The third-order valence-corrected chi connectivity index (χ3v) is 4.36. The molecule has 3 rings (SSSR count). The predicted molar refractivity (Wildman–Crippen MR) is 87.2 cm³/mol. The second kappa shape index (κ2) is 6.98. The van der Waals surface area contributed by atoms with Gasteiger partial charge in [0.25, 0.3) is 5.91 Å². The second-order valence-electron chi connectivity index (χ2n) is 5.91. The Kier molecular flexibility index (Phi) is 4.79. The summed E-state index contributed by atoms with van der Waals surface area (Å²) in [6.07, 6.45) is 1.06. The van der Waals surface area contributed by atoms with Crippen molar-refractivity contribution in [3.05, 3.63) is 59.5 Å². The molecule has 2 aromatic rings. The summed E-state index contributed by atoms with van der Waals surface area (Å²) < 4.78 is 5.21. The van der Waals surface area contributed by atoms with Crippen molar-refractivity contribution in [1.29, 1.82) is 0 Å². The number of hydrogen-bond acceptors (Lipinski definition) is 4. The fourth-order valence-electron chi connectivity index (χ4n) is 2.94. The van der Waals surface area contributed by atoms with Crippen molar-refractivity contribution in [2.75, 3.05) is 32.7 Å². The van der Waals surface area contributed by atoms with E-state index in [-0.39, 0.29) is 5.91 Å². The SMILES string of the molecule is Cc1occc1C(=O)N1CCN(CC(O)c2ccccc2)CC1. The number of carbonyl (C=O) groups is 1. The van der Waals surface area contributed by atoms with Crippen LogP contribution in [0.4, 0.5) is 0 Å². The lowest BCUT2D eigenvalue weighted by atomic mass is 10.1. The molecule has 1 aromatic heterocycles. The van der Waals surface area contributed by atoms with E-state index in [0.717, 1.165) is 18.7 Å². The zero-order valence-electron chi connectivity index (χ0n) is 13.3. The van der Waals surface area contributed by atoms with E-state index in [4.69, 9.17) is 4.42 Å². The molecule has 0 aliphatic carbocycles. The number of hydrogen-bond donors (Lipinski definition) is 1. The fourth-order valence-corrected chi connectivity index (χ4v) is 2.94. The molecule has 0 bridgehead atoms. The van der Waals surface area contributed by atoms with E-state index in [9.17, 15) is 9.90 Å². The van der Waals surface area contributed by atoms with E-state index in [1.807, 2.05) is 35.2 Å². The van der Waals surface area contributed by atoms with Crippen LogP contribution in [0.15, 0.2) is 47.1 Å². The zero-order valence-corrected chi connectivity index (χ0v) is 13.3. The van der Waals surface area contributed by atoms with Gasteiger partial charge in [0.05, 0.1) is 17.9 Å². The van der Waals surface area contributed by atoms with Crippen molar-refractivity contribution in [3.8, 4) is 0 Å². The van der Waals surface area contributed by atoms with Gasteiger partial charge < -0.3 is 14.4 Å². The summed E-state index contributed by atoms with van der Waals surface area (Å²) in [5, 5.41) is 10.3. The van der Waals surface area contributed by atoms with Crippen molar-refractivity contribution in [1.82, 2.24) is 9.80 Å². The van der Waals surface area contributed by atoms with E-state index in [0.29, 0.717) is 31.0 Å². The highest BCUT2D eigenvalue weighted by Gasteiger charge is 2.25. The Morgan fingerprint density at radius 1 is 1.17 bits per heavy atom. The number of carbonyl (C=O) groups excluding carboxylic acids is 1. The zero-order chi connectivity index (χ0) is 16.2. The molecule has 1 aliphatic heterocycles. The molecule has 5 nitrogen and oxygen atoms in total. The third-order valence-electron chi connectivity index (χ3n) is 4.36. The molecular weight excluding hydrogens is 292 g/mol. The molecule has 1 unspecified atom stereocenters. The molecule has 23 heavy (non-hydrogen) atoms. The third kappa shape index (κ3) is 3.63. The predicted octanol–water partition coefficient (Wildman–Crippen LogP) is 2.08. The Labute approximate surface area is 136 Å². The topological polar surface area (TPSA) is 56.9 Å². The van der Waals surface area contributed by atoms with Crippen molar-refractivity contribution in [2.45, 2.75) is 13.0 Å². The first-order chi connectivity index (χ1) is 11.1. The van der Waals surface area contributed by atoms with Crippen LogP contribution in [0.3, 0.4) is 0 Å². The van der Waals surface area contributed by atoms with Gasteiger partial charge in [-0.05, 0) is 18.6 Å². The molecule has 1 saturated heterocycles. The van der Waals surface area contributed by atoms with E-state index in [1.54, 1.807) is 19.3 Å². The number of amides is 1. The van der Waals surface area contributed by atoms with Gasteiger partial charge in [-0.2, -0.15) is 0 Å². The largest absolute Gasteiger partial charge is 0.469 e. The number of aliphatic hydroxyl groups excluding tert-OH is 1. The van der Waals surface area contributed by atoms with Crippen molar-refractivity contribution >= 4 is 5.91 Å². The van der Waals surface area contributed by atoms with Crippen LogP contribution in [0.25, 0.3) is 0 Å². The highest BCUT2D eigenvalue weighted by Crippen LogP contribution is 2.17. The quantitative estimate of drug-likeness (QED) is 0.939. The second-order valence-corrected chi connectivity index (χ2v) is 5.91. The van der Waals surface area contributed by atoms with E-state index < -0.39 is 6.10 Å². The number of aryl methyl sites for hydroxylation is 1. The molecule has 0 radical (unpaired) electrons. The van der Waals surface area contributed by atoms with E-state index in [2.05, 4.69) is 4.90 Å². The molecule has 0 saturated carbocycles. The monoisotopic (exact) mass is 314 g/mol. The summed E-state index contributed by atoms with van der Waals surface area (Å²) in [4.78, 5) is 16.5. The van der Waals surface area contributed by atoms with Gasteiger partial charge in [0.1, 0.15) is 5.76 Å². The van der Waals surface area contributed by atoms with E-state index >= 15 is 0 Å². The molecule has 5 heteroatoms. The number of nitrogens with zero attached hydrogens (tertiary/aromatic N) is 2. The highest BCUT2D eigenvalue weighted by molar-refractivity contribution is 5.95. The van der Waals surface area contributed by atoms with Crippen LogP contribution in [-0.4, -0.2) is 53.5 Å². The first kappa shape index (κ1) is 15.8. The lowest BCUT2D eigenvalue weighted by Gasteiger charge is -2.35. The maximum atomic E-state index is 12.4. The molecule has 0 spiro atoms. The summed E-state index contributed by atoms with van der Waals surface area (Å²) in [5.74, 6) is 0.691. The van der Waals surface area contributed by atoms with Crippen LogP contribution >= 0.6 is 0 Å². The van der Waals surface area contributed by atoms with Gasteiger partial charge in [-0.3, -0.25) is 9.69 Å². The fraction of sp³-hybridized carbons (Fsp3) is 0.389. The summed E-state index contributed by atoms with van der Waals surface area (Å²) >= 11 is 0. The Hall–Kier alpha value is -2.11. The van der Waals surface area contributed by atoms with Gasteiger partial charge in [0.2, 0.25) is 0 Å². The van der Waals surface area contributed by atoms with Gasteiger partial charge in [-0.15, -0.1) is 0 Å². The number of benzene rings is 1. The molecule has 1 amide bonds. The van der Waals surface area contributed by atoms with Crippen molar-refractivity contribution < 1.29 is 14.3 Å². The summed E-state index contributed by atoms with van der Waals surface area (Å²) in [7, 11) is 0. The van der Waals surface area contributed by atoms with Gasteiger partial charge >= 0.3 is 0 Å². The smallest absolute Gasteiger partial charge is 0.257 e. The number of aliphatic hydroxyl groups is 1. The minimum absolute atomic E-state index is 0.0273. The maximum absolute atomic E-state index is 12.4. The average molecular weight is 314 g/mol. The standard InChI is InChI=1S/C18H22N2O3/c1-14-16(7-12-23-14)18(22)20-10-8-19(9-11-20)13-17(21)15-5-3-2-4-6-15/h2-7,12,17,21H,8-11,13H2,1H3. The molecule has 1 aromatic carbocycles. The summed E-state index contributed by atoms with van der Waals surface area (Å²) in [6, 6.07) is 11.4. The average Bonchev–Trinajstić information content (AvgIpc) is 3.02. The normalized spacial score (nSPS) is 17.2. The first-order valence-electron chi connectivity index (χ1n) is 7.94. The van der Waals surface area contributed by atoms with Crippen LogP contribution < -0.4 is 0 Å². The number of β-amino-alcohol motifs (C(OH)–C–C–N with tert-alkyl or cyclic N) is 1. The van der Waals surface area contributed by atoms with Gasteiger partial charge in [0, 0.05) is 32.7 Å². The summed E-state index contributed by atoms with van der Waals surface area (Å²) in [5.41, 5.74) is 1.57. The number of piperazine rings is 1. The number of furan rings is 1. The van der Waals surface area contributed by atoms with Gasteiger partial charge in [0.15, 0.2) is 0 Å².